The Morgan fingerprint density at radius 3 is 2.68 bits per heavy atom. The Bertz CT molecular complexity index is 785. The first-order valence-corrected chi connectivity index (χ1v) is 10.2. The van der Waals surface area contributed by atoms with Crippen LogP contribution in [0.3, 0.4) is 0 Å². The number of aromatic nitrogens is 1. The topological polar surface area (TPSA) is 78.0 Å². The number of nitrogens with zero attached hydrogens (tertiary/aromatic N) is 2. The molecule has 0 N–H and O–H groups in total. The van der Waals surface area contributed by atoms with Crippen molar-refractivity contribution in [1.82, 2.24) is 9.88 Å². The smallest absolute Gasteiger partial charge is 0.329 e. The predicted octanol–water partition coefficient (Wildman–Crippen LogP) is 2.76. The molecule has 1 aliphatic rings. The van der Waals surface area contributed by atoms with Gasteiger partial charge < -0.3 is 19.1 Å². The number of rotatable bonds is 7. The van der Waals surface area contributed by atoms with Crippen LogP contribution in [0.4, 0.5) is 0 Å². The highest BCUT2D eigenvalue weighted by Crippen LogP contribution is 2.23. The first-order valence-electron chi connectivity index (χ1n) is 9.03. The van der Waals surface area contributed by atoms with Gasteiger partial charge in [0.25, 0.3) is 5.91 Å². The molecule has 1 aliphatic heterocycles. The molecule has 0 bridgehead atoms. The highest BCUT2D eigenvalue weighted by molar-refractivity contribution is 7.99. The fourth-order valence-electron chi connectivity index (χ4n) is 2.70. The van der Waals surface area contributed by atoms with E-state index in [1.165, 1.54) is 0 Å². The summed E-state index contributed by atoms with van der Waals surface area (Å²) in [4.78, 5) is 30.3. The SMILES string of the molecule is CCOC(=O)C1CSCCN1C(=O)COc1ccc(Oc2ccccn2)cc1. The van der Waals surface area contributed by atoms with Crippen LogP contribution in [0, 0.1) is 0 Å². The summed E-state index contributed by atoms with van der Waals surface area (Å²) >= 11 is 1.64. The molecule has 0 saturated carbocycles. The first kappa shape index (κ1) is 20.0. The Hall–Kier alpha value is -2.74. The molecule has 2 heterocycles. The quantitative estimate of drug-likeness (QED) is 0.659. The molecule has 0 radical (unpaired) electrons. The highest BCUT2D eigenvalue weighted by Gasteiger charge is 2.33. The van der Waals surface area contributed by atoms with Crippen LogP contribution in [0.1, 0.15) is 6.92 Å². The van der Waals surface area contributed by atoms with Gasteiger partial charge in [-0.3, -0.25) is 4.79 Å². The van der Waals surface area contributed by atoms with E-state index in [1.54, 1.807) is 60.1 Å². The van der Waals surface area contributed by atoms with Crippen LogP contribution in [0.2, 0.25) is 0 Å². The maximum Gasteiger partial charge on any atom is 0.329 e. The van der Waals surface area contributed by atoms with Crippen molar-refractivity contribution in [1.29, 1.82) is 0 Å². The molecule has 8 heteroatoms. The number of amides is 1. The summed E-state index contributed by atoms with van der Waals surface area (Å²) in [7, 11) is 0. The Kier molecular flexibility index (Phi) is 7.13. The fourth-order valence-corrected chi connectivity index (χ4v) is 3.73. The van der Waals surface area contributed by atoms with Gasteiger partial charge in [-0.1, -0.05) is 6.07 Å². The minimum absolute atomic E-state index is 0.138. The van der Waals surface area contributed by atoms with Crippen molar-refractivity contribution in [3.05, 3.63) is 48.7 Å². The van der Waals surface area contributed by atoms with Crippen LogP contribution in [0.5, 0.6) is 17.4 Å². The van der Waals surface area contributed by atoms with E-state index in [2.05, 4.69) is 4.98 Å². The van der Waals surface area contributed by atoms with Crippen LogP contribution in [0.25, 0.3) is 0 Å². The summed E-state index contributed by atoms with van der Waals surface area (Å²) in [5.74, 6) is 2.41. The lowest BCUT2D eigenvalue weighted by Crippen LogP contribution is -2.52. The molecular weight excluding hydrogens is 380 g/mol. The van der Waals surface area contributed by atoms with Crippen LogP contribution in [-0.4, -0.2) is 59.1 Å². The van der Waals surface area contributed by atoms with E-state index in [0.29, 0.717) is 36.3 Å². The van der Waals surface area contributed by atoms with Gasteiger partial charge in [0.1, 0.15) is 17.5 Å². The van der Waals surface area contributed by atoms with Crippen LogP contribution >= 0.6 is 11.8 Å². The van der Waals surface area contributed by atoms with Crippen LogP contribution < -0.4 is 9.47 Å². The number of benzene rings is 1. The van der Waals surface area contributed by atoms with Crippen LogP contribution in [0.15, 0.2) is 48.7 Å². The van der Waals surface area contributed by atoms with Crippen molar-refractivity contribution in [2.24, 2.45) is 0 Å². The maximum absolute atomic E-state index is 12.5. The van der Waals surface area contributed by atoms with Gasteiger partial charge in [-0.05, 0) is 37.3 Å². The van der Waals surface area contributed by atoms with Gasteiger partial charge in [0.2, 0.25) is 5.88 Å². The van der Waals surface area contributed by atoms with E-state index in [-0.39, 0.29) is 18.5 Å². The molecule has 1 atom stereocenters. The minimum atomic E-state index is -0.552. The molecule has 28 heavy (non-hydrogen) atoms. The lowest BCUT2D eigenvalue weighted by molar-refractivity contribution is -0.154. The average molecular weight is 402 g/mol. The number of esters is 1. The lowest BCUT2D eigenvalue weighted by atomic mass is 10.2. The van der Waals surface area contributed by atoms with E-state index in [9.17, 15) is 9.59 Å². The summed E-state index contributed by atoms with van der Waals surface area (Å²) < 4.78 is 16.3. The number of hydrogen-bond acceptors (Lipinski definition) is 7. The second kappa shape index (κ2) is 9.98. The lowest BCUT2D eigenvalue weighted by Gasteiger charge is -2.33. The van der Waals surface area contributed by atoms with Crippen molar-refractivity contribution in [2.75, 3.05) is 31.3 Å². The molecule has 7 nitrogen and oxygen atoms in total. The van der Waals surface area contributed by atoms with Crippen molar-refractivity contribution in [3.63, 3.8) is 0 Å². The molecule has 1 aromatic heterocycles. The number of carbonyl (C=O) groups excluding carboxylic acids is 2. The molecule has 1 aromatic carbocycles. The largest absolute Gasteiger partial charge is 0.484 e. The molecule has 1 unspecified atom stereocenters. The van der Waals surface area contributed by atoms with E-state index >= 15 is 0 Å². The van der Waals surface area contributed by atoms with Gasteiger partial charge in [-0.2, -0.15) is 11.8 Å². The van der Waals surface area contributed by atoms with Gasteiger partial charge in [0.05, 0.1) is 6.61 Å². The second-order valence-corrected chi connectivity index (χ2v) is 7.11. The number of ether oxygens (including phenoxy) is 3. The Morgan fingerprint density at radius 2 is 1.96 bits per heavy atom. The van der Waals surface area contributed by atoms with Crippen molar-refractivity contribution >= 4 is 23.6 Å². The standard InChI is InChI=1S/C20H22N2O5S/c1-2-25-20(24)17-14-28-12-11-22(17)19(23)13-26-15-6-8-16(9-7-15)27-18-5-3-4-10-21-18/h3-10,17H,2,11-14H2,1H3. The van der Waals surface area contributed by atoms with E-state index in [4.69, 9.17) is 14.2 Å². The first-order chi connectivity index (χ1) is 13.7. The van der Waals surface area contributed by atoms with Crippen LogP contribution in [-0.2, 0) is 14.3 Å². The predicted molar refractivity (Wildman–Crippen MR) is 106 cm³/mol. The van der Waals surface area contributed by atoms with Crippen molar-refractivity contribution in [2.45, 2.75) is 13.0 Å². The van der Waals surface area contributed by atoms with Gasteiger partial charge in [0.15, 0.2) is 6.61 Å². The molecule has 0 aliphatic carbocycles. The third-order valence-corrected chi connectivity index (χ3v) is 5.08. The number of carbonyl (C=O) groups is 2. The third-order valence-electron chi connectivity index (χ3n) is 4.05. The number of pyridine rings is 1. The zero-order chi connectivity index (χ0) is 19.8. The molecular formula is C20H22N2O5S. The molecule has 0 spiro atoms. The van der Waals surface area contributed by atoms with Crippen molar-refractivity contribution < 1.29 is 23.8 Å². The number of hydrogen-bond donors (Lipinski definition) is 0. The zero-order valence-electron chi connectivity index (χ0n) is 15.6. The molecule has 1 fully saturated rings. The van der Waals surface area contributed by atoms with E-state index in [1.807, 2.05) is 12.1 Å². The summed E-state index contributed by atoms with van der Waals surface area (Å²) in [6.07, 6.45) is 1.65. The Morgan fingerprint density at radius 1 is 1.18 bits per heavy atom. The van der Waals surface area contributed by atoms with Gasteiger partial charge in [0, 0.05) is 30.3 Å². The normalized spacial score (nSPS) is 16.3. The zero-order valence-corrected chi connectivity index (χ0v) is 16.4. The summed E-state index contributed by atoms with van der Waals surface area (Å²) in [6, 6.07) is 11.8. The highest BCUT2D eigenvalue weighted by atomic mass is 32.2. The van der Waals surface area contributed by atoms with E-state index < -0.39 is 6.04 Å². The van der Waals surface area contributed by atoms with Gasteiger partial charge in [-0.25, -0.2) is 9.78 Å². The third kappa shape index (κ3) is 5.39. The number of thioether (sulfide) groups is 1. The Labute approximate surface area is 168 Å². The molecule has 1 saturated heterocycles. The molecule has 148 valence electrons. The van der Waals surface area contributed by atoms with E-state index in [0.717, 1.165) is 5.75 Å². The molecule has 3 rings (SSSR count). The van der Waals surface area contributed by atoms with Crippen molar-refractivity contribution in [3.8, 4) is 17.4 Å². The second-order valence-electron chi connectivity index (χ2n) is 5.96. The fraction of sp³-hybridized carbons (Fsp3) is 0.350. The summed E-state index contributed by atoms with van der Waals surface area (Å²) in [6.45, 7) is 2.42. The molecule has 1 amide bonds. The molecule has 2 aromatic rings. The van der Waals surface area contributed by atoms with Gasteiger partial charge >= 0.3 is 5.97 Å². The van der Waals surface area contributed by atoms with Gasteiger partial charge in [-0.15, -0.1) is 0 Å². The Balaban J connectivity index is 1.54. The monoisotopic (exact) mass is 402 g/mol. The minimum Gasteiger partial charge on any atom is -0.484 e. The average Bonchev–Trinajstić information content (AvgIpc) is 2.74. The maximum atomic E-state index is 12.5. The summed E-state index contributed by atoms with van der Waals surface area (Å²) in [5, 5.41) is 0. The summed E-state index contributed by atoms with van der Waals surface area (Å²) in [5.41, 5.74) is 0.